The normalized spacial score (nSPS) is 12.9. The van der Waals surface area contributed by atoms with Crippen LogP contribution in [0.2, 0.25) is 0 Å². The van der Waals surface area contributed by atoms with E-state index in [0.29, 0.717) is 12.2 Å². The van der Waals surface area contributed by atoms with Gasteiger partial charge in [0.25, 0.3) is 11.8 Å². The van der Waals surface area contributed by atoms with E-state index in [0.717, 1.165) is 34.7 Å². The lowest BCUT2D eigenvalue weighted by Gasteiger charge is -2.17. The molecule has 0 aromatic heterocycles. The Labute approximate surface area is 250 Å². The van der Waals surface area contributed by atoms with Crippen molar-refractivity contribution in [3.63, 3.8) is 0 Å². The second-order valence-corrected chi connectivity index (χ2v) is 10.7. The molecule has 43 heavy (non-hydrogen) atoms. The van der Waals surface area contributed by atoms with Crippen LogP contribution in [0.1, 0.15) is 27.0 Å². The van der Waals surface area contributed by atoms with Crippen LogP contribution in [0.3, 0.4) is 0 Å². The van der Waals surface area contributed by atoms with Crippen molar-refractivity contribution in [2.24, 2.45) is 0 Å². The van der Waals surface area contributed by atoms with Crippen LogP contribution in [0.15, 0.2) is 114 Å². The van der Waals surface area contributed by atoms with E-state index in [1.807, 2.05) is 24.3 Å². The van der Waals surface area contributed by atoms with Gasteiger partial charge < -0.3 is 15.5 Å². The van der Waals surface area contributed by atoms with Gasteiger partial charge >= 0.3 is 6.18 Å². The number of halogens is 3. The minimum absolute atomic E-state index is 0.00426. The highest BCUT2D eigenvalue weighted by atomic mass is 32.2. The molecule has 0 aliphatic carbocycles. The Morgan fingerprint density at radius 1 is 0.837 bits per heavy atom. The maximum absolute atomic E-state index is 13.6. The van der Waals surface area contributed by atoms with E-state index in [4.69, 9.17) is 0 Å². The van der Waals surface area contributed by atoms with Crippen molar-refractivity contribution < 1.29 is 27.6 Å². The summed E-state index contributed by atoms with van der Waals surface area (Å²) in [5, 5.41) is 5.09. The third-order valence-corrected chi connectivity index (χ3v) is 7.75. The highest BCUT2D eigenvalue weighted by Gasteiger charge is 2.33. The molecule has 218 valence electrons. The molecule has 1 aliphatic rings. The number of carbonyl (C=O) groups excluding carboxylic acids is 3. The number of nitrogens with one attached hydrogen (secondary N) is 2. The van der Waals surface area contributed by atoms with Gasteiger partial charge in [-0.1, -0.05) is 54.6 Å². The Morgan fingerprint density at radius 2 is 1.51 bits per heavy atom. The maximum atomic E-state index is 13.6. The summed E-state index contributed by atoms with van der Waals surface area (Å²) in [4.78, 5) is 41.5. The maximum Gasteiger partial charge on any atom is 0.416 e. The monoisotopic (exact) mass is 601 g/mol. The average Bonchev–Trinajstić information content (AvgIpc) is 3.45. The molecule has 0 radical (unpaired) electrons. The Morgan fingerprint density at radius 3 is 2.26 bits per heavy atom. The minimum atomic E-state index is -4.66. The number of rotatable bonds is 8. The lowest BCUT2D eigenvalue weighted by Crippen LogP contribution is -2.31. The van der Waals surface area contributed by atoms with Crippen LogP contribution in [-0.2, 0) is 22.2 Å². The van der Waals surface area contributed by atoms with Gasteiger partial charge in [-0.3, -0.25) is 14.4 Å². The first-order chi connectivity index (χ1) is 20.7. The molecule has 4 aromatic rings. The topological polar surface area (TPSA) is 78.5 Å². The number of carbonyl (C=O) groups is 3. The van der Waals surface area contributed by atoms with Crippen molar-refractivity contribution >= 4 is 46.9 Å². The Hall–Kier alpha value is -4.83. The van der Waals surface area contributed by atoms with Gasteiger partial charge in [0.05, 0.1) is 11.3 Å². The summed E-state index contributed by atoms with van der Waals surface area (Å²) in [7, 11) is 0. The fraction of sp³-hybridized carbons (Fsp3) is 0.121. The summed E-state index contributed by atoms with van der Waals surface area (Å²) < 4.78 is 40.9. The van der Waals surface area contributed by atoms with E-state index in [1.54, 1.807) is 47.4 Å². The first-order valence-electron chi connectivity index (χ1n) is 13.4. The summed E-state index contributed by atoms with van der Waals surface area (Å²) in [6.07, 6.45) is -2.83. The third-order valence-electron chi connectivity index (χ3n) is 6.76. The van der Waals surface area contributed by atoms with Crippen LogP contribution in [0.25, 0.3) is 6.08 Å². The van der Waals surface area contributed by atoms with Crippen molar-refractivity contribution in [1.82, 2.24) is 5.32 Å². The smallest absolute Gasteiger partial charge is 0.321 e. The molecule has 5 rings (SSSR count). The minimum Gasteiger partial charge on any atom is -0.321 e. The van der Waals surface area contributed by atoms with Crippen LogP contribution in [0, 0.1) is 0 Å². The average molecular weight is 602 g/mol. The summed E-state index contributed by atoms with van der Waals surface area (Å²) in [5.74, 6) is -1.22. The van der Waals surface area contributed by atoms with E-state index in [-0.39, 0.29) is 28.5 Å². The number of alkyl halides is 3. The standard InChI is InChI=1S/C33H26F3N3O3S/c34-33(35,36)27-12-6-4-11-24(27)20-28(38-31(41)23-9-2-1-3-10-23)32(42)37-25-14-16-26(17-15-25)43-21-30(40)39-19-18-22-8-5-7-13-29(22)39/h1-17,20H,18-19,21H2,(H,37,42)(H,38,41)/b28-20-. The molecule has 0 atom stereocenters. The quantitative estimate of drug-likeness (QED) is 0.172. The number of para-hydroxylation sites is 1. The zero-order chi connectivity index (χ0) is 30.4. The number of nitrogens with zero attached hydrogens (tertiary/aromatic N) is 1. The van der Waals surface area contributed by atoms with E-state index in [9.17, 15) is 27.6 Å². The molecule has 0 saturated heterocycles. The molecule has 10 heteroatoms. The first kappa shape index (κ1) is 29.7. The molecule has 0 bridgehead atoms. The van der Waals surface area contributed by atoms with E-state index >= 15 is 0 Å². The molecule has 1 aliphatic heterocycles. The van der Waals surface area contributed by atoms with Crippen LogP contribution in [-0.4, -0.2) is 30.0 Å². The predicted octanol–water partition coefficient (Wildman–Crippen LogP) is 6.80. The number of fused-ring (bicyclic) bond motifs is 1. The number of amides is 3. The fourth-order valence-corrected chi connectivity index (χ4v) is 5.41. The molecular formula is C33H26F3N3O3S. The van der Waals surface area contributed by atoms with Gasteiger partial charge in [-0.05, 0) is 72.2 Å². The molecule has 0 fully saturated rings. The molecule has 0 unspecified atom stereocenters. The van der Waals surface area contributed by atoms with Gasteiger partial charge in [-0.25, -0.2) is 0 Å². The summed E-state index contributed by atoms with van der Waals surface area (Å²) in [6, 6.07) is 27.4. The molecule has 1 heterocycles. The number of hydrogen-bond donors (Lipinski definition) is 2. The Kier molecular flexibility index (Phi) is 8.96. The molecule has 6 nitrogen and oxygen atoms in total. The largest absolute Gasteiger partial charge is 0.416 e. The lowest BCUT2D eigenvalue weighted by atomic mass is 10.1. The van der Waals surface area contributed by atoms with E-state index < -0.39 is 23.6 Å². The van der Waals surface area contributed by atoms with Gasteiger partial charge in [0, 0.05) is 28.4 Å². The lowest BCUT2D eigenvalue weighted by molar-refractivity contribution is -0.137. The zero-order valence-corrected chi connectivity index (χ0v) is 23.5. The van der Waals surface area contributed by atoms with Gasteiger partial charge in [0.15, 0.2) is 0 Å². The highest BCUT2D eigenvalue weighted by molar-refractivity contribution is 8.00. The van der Waals surface area contributed by atoms with Crippen LogP contribution >= 0.6 is 11.8 Å². The van der Waals surface area contributed by atoms with Gasteiger partial charge in [0.1, 0.15) is 5.70 Å². The van der Waals surface area contributed by atoms with Gasteiger partial charge in [-0.15, -0.1) is 11.8 Å². The zero-order valence-electron chi connectivity index (χ0n) is 22.7. The van der Waals surface area contributed by atoms with Crippen molar-refractivity contribution in [2.45, 2.75) is 17.5 Å². The second kappa shape index (κ2) is 13.0. The van der Waals surface area contributed by atoms with Crippen molar-refractivity contribution in [1.29, 1.82) is 0 Å². The molecular weight excluding hydrogens is 575 g/mol. The molecule has 2 N–H and O–H groups in total. The first-order valence-corrected chi connectivity index (χ1v) is 14.3. The molecule has 4 aromatic carbocycles. The summed E-state index contributed by atoms with van der Waals surface area (Å²) in [6.45, 7) is 0.647. The van der Waals surface area contributed by atoms with Crippen molar-refractivity contribution in [2.75, 3.05) is 22.5 Å². The van der Waals surface area contributed by atoms with E-state index in [2.05, 4.69) is 10.6 Å². The van der Waals surface area contributed by atoms with E-state index in [1.165, 1.54) is 42.1 Å². The SMILES string of the molecule is O=C(Nc1ccc(SCC(=O)N2CCc3ccccc32)cc1)/C(=C/c1ccccc1C(F)(F)F)NC(=O)c1ccccc1. The van der Waals surface area contributed by atoms with Crippen LogP contribution in [0.5, 0.6) is 0 Å². The van der Waals surface area contributed by atoms with Crippen LogP contribution in [0.4, 0.5) is 24.5 Å². The molecule has 0 saturated carbocycles. The van der Waals surface area contributed by atoms with Crippen LogP contribution < -0.4 is 15.5 Å². The number of thioether (sulfide) groups is 1. The van der Waals surface area contributed by atoms with Crippen molar-refractivity contribution in [3.8, 4) is 0 Å². The predicted molar refractivity (Wildman–Crippen MR) is 162 cm³/mol. The van der Waals surface area contributed by atoms with Crippen molar-refractivity contribution in [3.05, 3.63) is 131 Å². The third kappa shape index (κ3) is 7.34. The molecule has 3 amide bonds. The number of hydrogen-bond acceptors (Lipinski definition) is 4. The van der Waals surface area contributed by atoms with Gasteiger partial charge in [0.2, 0.25) is 5.91 Å². The second-order valence-electron chi connectivity index (χ2n) is 9.65. The Balaban J connectivity index is 1.29. The highest BCUT2D eigenvalue weighted by Crippen LogP contribution is 2.33. The summed E-state index contributed by atoms with van der Waals surface area (Å²) in [5.41, 5.74) is 1.11. The van der Waals surface area contributed by atoms with Gasteiger partial charge in [-0.2, -0.15) is 13.2 Å². The Bertz CT molecular complexity index is 1670. The number of anilines is 2. The number of benzene rings is 4. The molecule has 0 spiro atoms. The fourth-order valence-electron chi connectivity index (χ4n) is 4.63. The summed E-state index contributed by atoms with van der Waals surface area (Å²) >= 11 is 1.36.